The number of anilines is 2. The third-order valence-corrected chi connectivity index (χ3v) is 5.19. The lowest BCUT2D eigenvalue weighted by Crippen LogP contribution is -2.64. The molecule has 0 bridgehead atoms. The molecule has 0 radical (unpaired) electrons. The Labute approximate surface area is 141 Å². The number of fused-ring (bicyclic) bond motifs is 1. The summed E-state index contributed by atoms with van der Waals surface area (Å²) in [4.78, 5) is 27.8. The molecular formula is C16H24N6O2. The van der Waals surface area contributed by atoms with Crippen LogP contribution in [0.4, 0.5) is 11.8 Å². The number of carbonyl (C=O) groups excluding carboxylic acids is 1. The number of nitrogens with zero attached hydrogens (tertiary/aromatic N) is 5. The molecule has 3 fully saturated rings. The van der Waals surface area contributed by atoms with Gasteiger partial charge >= 0.3 is 0 Å². The fraction of sp³-hybridized carbons (Fsp3) is 0.688. The molecule has 0 spiro atoms. The minimum Gasteiger partial charge on any atom is -0.393 e. The van der Waals surface area contributed by atoms with Crippen LogP contribution in [0.3, 0.4) is 0 Å². The van der Waals surface area contributed by atoms with Gasteiger partial charge in [0, 0.05) is 52.0 Å². The molecule has 1 atom stereocenters. The monoisotopic (exact) mass is 332 g/mol. The Hall–Kier alpha value is -1.93. The molecule has 1 aromatic heterocycles. The van der Waals surface area contributed by atoms with Crippen molar-refractivity contribution in [2.75, 3.05) is 55.6 Å². The van der Waals surface area contributed by atoms with Crippen LogP contribution in [0.1, 0.15) is 12.8 Å². The van der Waals surface area contributed by atoms with Crippen molar-refractivity contribution in [3.63, 3.8) is 0 Å². The summed E-state index contributed by atoms with van der Waals surface area (Å²) in [5, 5.41) is 12.6. The highest BCUT2D eigenvalue weighted by Gasteiger charge is 2.35. The first-order valence-electron chi connectivity index (χ1n) is 8.73. The number of aliphatic hydroxyl groups excluding tert-OH is 1. The van der Waals surface area contributed by atoms with Crippen LogP contribution in [0.25, 0.3) is 0 Å². The van der Waals surface area contributed by atoms with Crippen LogP contribution in [-0.4, -0.2) is 83.8 Å². The number of aliphatic hydroxyl groups is 1. The fourth-order valence-corrected chi connectivity index (χ4v) is 3.72. The third kappa shape index (κ3) is 3.03. The molecule has 4 heterocycles. The van der Waals surface area contributed by atoms with Gasteiger partial charge in [0.05, 0.1) is 6.10 Å². The molecule has 0 aliphatic carbocycles. The molecule has 3 saturated heterocycles. The van der Waals surface area contributed by atoms with E-state index in [-0.39, 0.29) is 18.1 Å². The predicted molar refractivity (Wildman–Crippen MR) is 90.1 cm³/mol. The lowest BCUT2D eigenvalue weighted by atomic mass is 10.1. The van der Waals surface area contributed by atoms with Gasteiger partial charge in [-0.2, -0.15) is 4.98 Å². The molecule has 4 rings (SSSR count). The maximum Gasteiger partial charge on any atom is 0.239 e. The summed E-state index contributed by atoms with van der Waals surface area (Å²) in [5.41, 5.74) is 0. The minimum absolute atomic E-state index is 0.104. The normalized spacial score (nSPS) is 26.2. The van der Waals surface area contributed by atoms with Gasteiger partial charge in [0.1, 0.15) is 11.9 Å². The molecule has 3 aliphatic heterocycles. The molecule has 0 saturated carbocycles. The summed E-state index contributed by atoms with van der Waals surface area (Å²) < 4.78 is 0. The van der Waals surface area contributed by atoms with Gasteiger partial charge in [-0.05, 0) is 18.9 Å². The highest BCUT2D eigenvalue weighted by Crippen LogP contribution is 2.22. The van der Waals surface area contributed by atoms with Crippen LogP contribution in [0.2, 0.25) is 0 Å². The van der Waals surface area contributed by atoms with E-state index in [9.17, 15) is 9.90 Å². The molecule has 130 valence electrons. The van der Waals surface area contributed by atoms with Crippen LogP contribution in [-0.2, 0) is 4.79 Å². The summed E-state index contributed by atoms with van der Waals surface area (Å²) in [5.74, 6) is 1.70. The second kappa shape index (κ2) is 6.52. The van der Waals surface area contributed by atoms with Gasteiger partial charge in [-0.15, -0.1) is 0 Å². The number of piperazine rings is 2. The number of piperidine rings is 1. The minimum atomic E-state index is -0.194. The van der Waals surface area contributed by atoms with Gasteiger partial charge in [0.2, 0.25) is 11.9 Å². The lowest BCUT2D eigenvalue weighted by molar-refractivity contribution is -0.129. The third-order valence-electron chi connectivity index (χ3n) is 5.19. The number of carbonyl (C=O) groups is 1. The van der Waals surface area contributed by atoms with Gasteiger partial charge in [-0.25, -0.2) is 4.98 Å². The molecule has 24 heavy (non-hydrogen) atoms. The Morgan fingerprint density at radius 1 is 1.12 bits per heavy atom. The zero-order chi connectivity index (χ0) is 16.5. The van der Waals surface area contributed by atoms with E-state index in [0.29, 0.717) is 12.5 Å². The van der Waals surface area contributed by atoms with Gasteiger partial charge in [0.25, 0.3) is 0 Å². The van der Waals surface area contributed by atoms with Crippen molar-refractivity contribution < 1.29 is 9.90 Å². The van der Waals surface area contributed by atoms with Gasteiger partial charge < -0.3 is 20.2 Å². The van der Waals surface area contributed by atoms with E-state index in [2.05, 4.69) is 25.0 Å². The van der Waals surface area contributed by atoms with Crippen molar-refractivity contribution in [2.45, 2.75) is 25.0 Å². The first-order chi connectivity index (χ1) is 11.7. The summed E-state index contributed by atoms with van der Waals surface area (Å²) >= 11 is 0. The van der Waals surface area contributed by atoms with Crippen molar-refractivity contribution in [2.24, 2.45) is 0 Å². The molecule has 0 aromatic carbocycles. The van der Waals surface area contributed by atoms with Crippen molar-refractivity contribution in [3.8, 4) is 0 Å². The lowest BCUT2D eigenvalue weighted by Gasteiger charge is -2.43. The Balaban J connectivity index is 1.48. The SMILES string of the molecule is O=C1NCCN2CCN(c3nccc(N4CCC(O)CC4)n3)C[C@H]12. The van der Waals surface area contributed by atoms with E-state index in [4.69, 9.17) is 4.98 Å². The van der Waals surface area contributed by atoms with Gasteiger partial charge in [-0.1, -0.05) is 0 Å². The van der Waals surface area contributed by atoms with Crippen molar-refractivity contribution in [1.82, 2.24) is 20.2 Å². The average molecular weight is 332 g/mol. The van der Waals surface area contributed by atoms with E-state index < -0.39 is 0 Å². The van der Waals surface area contributed by atoms with E-state index in [1.165, 1.54) is 0 Å². The predicted octanol–water partition coefficient (Wildman–Crippen LogP) is -0.942. The zero-order valence-corrected chi connectivity index (χ0v) is 13.8. The first-order valence-corrected chi connectivity index (χ1v) is 8.73. The number of hydrogen-bond acceptors (Lipinski definition) is 7. The summed E-state index contributed by atoms with van der Waals surface area (Å²) in [7, 11) is 0. The molecule has 8 heteroatoms. The smallest absolute Gasteiger partial charge is 0.239 e. The maximum atomic E-state index is 12.1. The van der Waals surface area contributed by atoms with Crippen LogP contribution >= 0.6 is 0 Å². The molecule has 2 N–H and O–H groups in total. The van der Waals surface area contributed by atoms with Crippen LogP contribution in [0.5, 0.6) is 0 Å². The van der Waals surface area contributed by atoms with Crippen LogP contribution in [0, 0.1) is 0 Å². The highest BCUT2D eigenvalue weighted by molar-refractivity contribution is 5.83. The van der Waals surface area contributed by atoms with Crippen LogP contribution < -0.4 is 15.1 Å². The number of hydrogen-bond donors (Lipinski definition) is 2. The average Bonchev–Trinajstić information content (AvgIpc) is 2.63. The molecule has 0 unspecified atom stereocenters. The Morgan fingerprint density at radius 3 is 2.79 bits per heavy atom. The molecule has 1 aromatic rings. The standard InChI is InChI=1S/C16H24N6O2/c23-12-2-6-21(7-3-12)14-1-4-18-16(19-14)22-10-9-20-8-5-17-15(24)13(20)11-22/h1,4,12-13,23H,2-3,5-11H2,(H,17,24)/t13-/m1/s1. The first kappa shape index (κ1) is 15.6. The topological polar surface area (TPSA) is 84.8 Å². The quantitative estimate of drug-likeness (QED) is 0.723. The highest BCUT2D eigenvalue weighted by atomic mass is 16.3. The largest absolute Gasteiger partial charge is 0.393 e. The molecule has 8 nitrogen and oxygen atoms in total. The second-order valence-corrected chi connectivity index (χ2v) is 6.72. The van der Waals surface area contributed by atoms with Crippen LogP contribution in [0.15, 0.2) is 12.3 Å². The summed E-state index contributed by atoms with van der Waals surface area (Å²) in [6.45, 7) is 5.62. The molecule has 3 aliphatic rings. The Kier molecular flexibility index (Phi) is 4.24. The molecule has 1 amide bonds. The van der Waals surface area contributed by atoms with Crippen molar-refractivity contribution in [1.29, 1.82) is 0 Å². The van der Waals surface area contributed by atoms with E-state index in [1.807, 2.05) is 6.07 Å². The Morgan fingerprint density at radius 2 is 1.96 bits per heavy atom. The van der Waals surface area contributed by atoms with Crippen molar-refractivity contribution >= 4 is 17.7 Å². The number of rotatable bonds is 2. The van der Waals surface area contributed by atoms with E-state index in [1.54, 1.807) is 6.20 Å². The molecular weight excluding hydrogens is 308 g/mol. The van der Waals surface area contributed by atoms with E-state index >= 15 is 0 Å². The van der Waals surface area contributed by atoms with Gasteiger partial charge in [0.15, 0.2) is 0 Å². The maximum absolute atomic E-state index is 12.1. The number of amides is 1. The number of nitrogens with one attached hydrogen (secondary N) is 1. The summed E-state index contributed by atoms with van der Waals surface area (Å²) in [6.07, 6.45) is 3.15. The van der Waals surface area contributed by atoms with E-state index in [0.717, 1.165) is 57.9 Å². The summed E-state index contributed by atoms with van der Waals surface area (Å²) in [6, 6.07) is 1.81. The fourth-order valence-electron chi connectivity index (χ4n) is 3.72. The Bertz CT molecular complexity index is 604. The zero-order valence-electron chi connectivity index (χ0n) is 13.8. The van der Waals surface area contributed by atoms with Gasteiger partial charge in [-0.3, -0.25) is 9.69 Å². The van der Waals surface area contributed by atoms with Crippen molar-refractivity contribution in [3.05, 3.63) is 12.3 Å². The second-order valence-electron chi connectivity index (χ2n) is 6.72. The number of aromatic nitrogens is 2.